The molecule has 106 valence electrons. The molecule has 3 rings (SSSR count). The molecule has 1 aliphatic rings. The minimum absolute atomic E-state index is 0.404. The first kappa shape index (κ1) is 13.8. The van der Waals surface area contributed by atoms with Crippen molar-refractivity contribution in [1.82, 2.24) is 0 Å². The van der Waals surface area contributed by atoms with E-state index in [1.807, 2.05) is 61.5 Å². The fourth-order valence-corrected chi connectivity index (χ4v) is 4.24. The Hall–Kier alpha value is -2.13. The summed E-state index contributed by atoms with van der Waals surface area (Å²) in [5.74, 6) is 0. The van der Waals surface area contributed by atoms with Gasteiger partial charge in [-0.05, 0) is 24.5 Å². The molecular formula is C18H16O2S. The number of benzene rings is 2. The molecule has 1 heterocycles. The Bertz CT molecular complexity index is 811. The largest absolute Gasteiger partial charge is 0.218 e. The molecule has 0 bridgehead atoms. The van der Waals surface area contributed by atoms with E-state index >= 15 is 0 Å². The summed E-state index contributed by atoms with van der Waals surface area (Å²) in [6.07, 6.45) is 4.20. The third-order valence-corrected chi connectivity index (χ3v) is 5.54. The van der Waals surface area contributed by atoms with E-state index in [1.165, 1.54) is 0 Å². The van der Waals surface area contributed by atoms with Crippen LogP contribution in [0.4, 0.5) is 0 Å². The Morgan fingerprint density at radius 3 is 1.86 bits per heavy atom. The highest BCUT2D eigenvalue weighted by Gasteiger charge is 2.27. The number of sulfone groups is 1. The van der Waals surface area contributed by atoms with Crippen LogP contribution >= 0.6 is 0 Å². The molecule has 0 spiro atoms. The molecule has 2 aromatic carbocycles. The molecule has 0 unspecified atom stereocenters. The number of hydrogen-bond donors (Lipinski definition) is 0. The zero-order valence-electron chi connectivity index (χ0n) is 11.8. The molecule has 0 saturated heterocycles. The summed E-state index contributed by atoms with van der Waals surface area (Å²) in [7, 11) is -3.46. The Labute approximate surface area is 125 Å². The van der Waals surface area contributed by atoms with Crippen LogP contribution in [0.15, 0.2) is 66.7 Å². The van der Waals surface area contributed by atoms with E-state index in [0.29, 0.717) is 16.2 Å². The molecule has 2 aromatic rings. The molecule has 1 aliphatic heterocycles. The maximum absolute atomic E-state index is 12.9. The van der Waals surface area contributed by atoms with Crippen LogP contribution in [0.2, 0.25) is 0 Å². The van der Waals surface area contributed by atoms with Crippen LogP contribution in [-0.2, 0) is 9.84 Å². The van der Waals surface area contributed by atoms with Crippen molar-refractivity contribution in [2.75, 3.05) is 0 Å². The summed E-state index contributed by atoms with van der Waals surface area (Å²) < 4.78 is 25.7. The van der Waals surface area contributed by atoms with Gasteiger partial charge in [-0.1, -0.05) is 72.3 Å². The van der Waals surface area contributed by atoms with Crippen molar-refractivity contribution in [2.24, 2.45) is 0 Å². The molecule has 0 amide bonds. The molecule has 0 aromatic heterocycles. The second-order valence-corrected chi connectivity index (χ2v) is 6.99. The highest BCUT2D eigenvalue weighted by molar-refractivity contribution is 8.09. The topological polar surface area (TPSA) is 34.1 Å². The van der Waals surface area contributed by atoms with Gasteiger partial charge in [0.2, 0.25) is 9.84 Å². The normalized spacial score (nSPS) is 17.0. The first-order valence-electron chi connectivity index (χ1n) is 6.87. The smallest absolute Gasteiger partial charge is 0.207 e. The van der Waals surface area contributed by atoms with Crippen molar-refractivity contribution in [3.8, 4) is 0 Å². The second-order valence-electron chi connectivity index (χ2n) is 5.11. The maximum Gasteiger partial charge on any atom is 0.207 e. The Morgan fingerprint density at radius 2 is 1.29 bits per heavy atom. The highest BCUT2D eigenvalue weighted by Crippen LogP contribution is 2.36. The molecule has 0 fully saturated rings. The van der Waals surface area contributed by atoms with Gasteiger partial charge in [-0.15, -0.1) is 0 Å². The Morgan fingerprint density at radius 1 is 0.762 bits per heavy atom. The molecule has 0 N–H and O–H groups in total. The number of allylic oxidation sites excluding steroid dienone is 2. The maximum atomic E-state index is 12.9. The van der Waals surface area contributed by atoms with Gasteiger partial charge in [0.25, 0.3) is 0 Å². The van der Waals surface area contributed by atoms with Gasteiger partial charge in [-0.2, -0.15) is 0 Å². The van der Waals surface area contributed by atoms with E-state index in [4.69, 9.17) is 0 Å². The fourth-order valence-electron chi connectivity index (χ4n) is 2.48. The highest BCUT2D eigenvalue weighted by atomic mass is 32.2. The predicted molar refractivity (Wildman–Crippen MR) is 87.1 cm³/mol. The molecule has 0 radical (unpaired) electrons. The molecule has 3 heteroatoms. The van der Waals surface area contributed by atoms with Crippen LogP contribution in [0, 0.1) is 6.92 Å². The van der Waals surface area contributed by atoms with E-state index < -0.39 is 9.84 Å². The molecular weight excluding hydrogens is 280 g/mol. The van der Waals surface area contributed by atoms with Gasteiger partial charge in [0.05, 0.1) is 9.81 Å². The third kappa shape index (κ3) is 2.57. The van der Waals surface area contributed by atoms with Crippen LogP contribution in [-0.4, -0.2) is 8.42 Å². The monoisotopic (exact) mass is 296 g/mol. The van der Waals surface area contributed by atoms with E-state index in [1.54, 1.807) is 12.2 Å². The van der Waals surface area contributed by atoms with E-state index in [-0.39, 0.29) is 0 Å². The molecule has 2 nitrogen and oxygen atoms in total. The Kier molecular flexibility index (Phi) is 3.52. The average Bonchev–Trinajstić information content (AvgIpc) is 2.49. The first-order valence-corrected chi connectivity index (χ1v) is 8.35. The zero-order chi connectivity index (χ0) is 14.9. The summed E-state index contributed by atoms with van der Waals surface area (Å²) >= 11 is 0. The summed E-state index contributed by atoms with van der Waals surface area (Å²) in [5.41, 5.74) is 2.61. The van der Waals surface area contributed by atoms with Crippen molar-refractivity contribution in [2.45, 2.75) is 13.3 Å². The van der Waals surface area contributed by atoms with Gasteiger partial charge >= 0.3 is 0 Å². The van der Waals surface area contributed by atoms with Crippen LogP contribution in [0.3, 0.4) is 0 Å². The summed E-state index contributed by atoms with van der Waals surface area (Å²) in [6, 6.07) is 16.9. The lowest BCUT2D eigenvalue weighted by molar-refractivity contribution is 0.614. The fraction of sp³-hybridized carbons (Fsp3) is 0.111. The quantitative estimate of drug-likeness (QED) is 0.832. The van der Waals surface area contributed by atoms with Gasteiger partial charge in [0, 0.05) is 0 Å². The van der Waals surface area contributed by atoms with Crippen LogP contribution < -0.4 is 0 Å². The van der Waals surface area contributed by atoms with Crippen molar-refractivity contribution in [1.29, 1.82) is 0 Å². The standard InChI is InChI=1S/C18H16O2S/c1-14-10-12-16(13-11-14)18-9-5-8-17(21(18,19)20)15-6-3-2-4-7-15/h2-4,6-13H,5H2,1H3. The van der Waals surface area contributed by atoms with Gasteiger partial charge in [-0.3, -0.25) is 0 Å². The van der Waals surface area contributed by atoms with Crippen molar-refractivity contribution < 1.29 is 8.42 Å². The SMILES string of the molecule is Cc1ccc(C2=CCC=C(c3ccccc3)S2(=O)=O)cc1. The summed E-state index contributed by atoms with van der Waals surface area (Å²) in [4.78, 5) is 0.810. The van der Waals surface area contributed by atoms with Crippen LogP contribution in [0.1, 0.15) is 23.1 Å². The molecule has 0 atom stereocenters. The number of aryl methyl sites for hydroxylation is 1. The van der Waals surface area contributed by atoms with Gasteiger partial charge in [0.1, 0.15) is 0 Å². The summed E-state index contributed by atoms with van der Waals surface area (Å²) in [6.45, 7) is 1.99. The molecule has 0 aliphatic carbocycles. The lowest BCUT2D eigenvalue weighted by atomic mass is 10.1. The van der Waals surface area contributed by atoms with E-state index in [9.17, 15) is 8.42 Å². The Balaban J connectivity index is 2.06. The van der Waals surface area contributed by atoms with Crippen LogP contribution in [0.5, 0.6) is 0 Å². The minimum atomic E-state index is -3.46. The van der Waals surface area contributed by atoms with Crippen molar-refractivity contribution >= 4 is 19.6 Å². The predicted octanol–water partition coefficient (Wildman–Crippen LogP) is 4.20. The van der Waals surface area contributed by atoms with Gasteiger partial charge in [-0.25, -0.2) is 8.42 Å². The summed E-state index contributed by atoms with van der Waals surface area (Å²) in [5, 5.41) is 0. The minimum Gasteiger partial charge on any atom is -0.218 e. The van der Waals surface area contributed by atoms with E-state index in [0.717, 1.165) is 16.7 Å². The number of hydrogen-bond acceptors (Lipinski definition) is 2. The molecule has 0 saturated carbocycles. The lowest BCUT2D eigenvalue weighted by Crippen LogP contribution is -2.09. The van der Waals surface area contributed by atoms with Crippen molar-refractivity contribution in [3.63, 3.8) is 0 Å². The first-order chi connectivity index (χ1) is 10.1. The van der Waals surface area contributed by atoms with Gasteiger partial charge < -0.3 is 0 Å². The lowest BCUT2D eigenvalue weighted by Gasteiger charge is -2.17. The zero-order valence-corrected chi connectivity index (χ0v) is 12.6. The third-order valence-electron chi connectivity index (χ3n) is 3.58. The second kappa shape index (κ2) is 5.34. The van der Waals surface area contributed by atoms with Crippen molar-refractivity contribution in [3.05, 3.63) is 83.4 Å². The van der Waals surface area contributed by atoms with Crippen LogP contribution in [0.25, 0.3) is 9.81 Å². The molecule has 21 heavy (non-hydrogen) atoms. The number of rotatable bonds is 2. The van der Waals surface area contributed by atoms with Gasteiger partial charge in [0.15, 0.2) is 0 Å². The van der Waals surface area contributed by atoms with E-state index in [2.05, 4.69) is 0 Å². The average molecular weight is 296 g/mol.